The van der Waals surface area contributed by atoms with Gasteiger partial charge < -0.3 is 5.32 Å². The molecule has 1 aromatic heterocycles. The van der Waals surface area contributed by atoms with E-state index in [-0.39, 0.29) is 21.6 Å². The van der Waals surface area contributed by atoms with Gasteiger partial charge in [0.25, 0.3) is 5.91 Å². The zero-order chi connectivity index (χ0) is 16.3. The minimum Gasteiger partial charge on any atom is -0.301 e. The lowest BCUT2D eigenvalue weighted by molar-refractivity contribution is 0.0974. The maximum Gasteiger partial charge on any atom is 0.260 e. The van der Waals surface area contributed by atoms with Crippen LogP contribution in [0.5, 0.6) is 0 Å². The average Bonchev–Trinajstić information content (AvgIpc) is 2.36. The number of nitrogens with zero attached hydrogens (tertiary/aromatic N) is 2. The summed E-state index contributed by atoms with van der Waals surface area (Å²) in [5.74, 6) is -1.15. The molecule has 1 aromatic carbocycles. The van der Waals surface area contributed by atoms with E-state index in [1.807, 2.05) is 13.8 Å². The quantitative estimate of drug-likeness (QED) is 0.824. The predicted octanol–water partition coefficient (Wildman–Crippen LogP) is 3.01. The fourth-order valence-corrected chi connectivity index (χ4v) is 2.10. The summed E-state index contributed by atoms with van der Waals surface area (Å²) < 4.78 is 13.7. The van der Waals surface area contributed by atoms with E-state index in [1.165, 1.54) is 12.1 Å². The molecule has 5 nitrogen and oxygen atoms in total. The molecule has 0 aliphatic carbocycles. The first kappa shape index (κ1) is 16.3. The second kappa shape index (κ2) is 6.76. The molecule has 0 radical (unpaired) electrons. The first-order valence-electron chi connectivity index (χ1n) is 6.25. The number of rotatable bonds is 2. The fraction of sp³-hybridized carbons (Fsp3) is 0.143. The Hall–Kier alpha value is -2.12. The van der Waals surface area contributed by atoms with Crippen molar-refractivity contribution in [3.8, 4) is 0 Å². The highest BCUT2D eigenvalue weighted by Crippen LogP contribution is 2.14. The average molecular weight is 339 g/mol. The van der Waals surface area contributed by atoms with Gasteiger partial charge >= 0.3 is 0 Å². The summed E-state index contributed by atoms with van der Waals surface area (Å²) in [7, 11) is 0. The van der Waals surface area contributed by atoms with Gasteiger partial charge in [-0.25, -0.2) is 14.4 Å². The Labute approximate surface area is 136 Å². The molecule has 0 saturated carbocycles. The van der Waals surface area contributed by atoms with Crippen LogP contribution in [-0.2, 0) is 0 Å². The number of halogens is 2. The lowest BCUT2D eigenvalue weighted by atomic mass is 10.2. The van der Waals surface area contributed by atoms with Crippen LogP contribution in [0.4, 0.5) is 10.3 Å². The third-order valence-electron chi connectivity index (χ3n) is 2.61. The normalized spacial score (nSPS) is 10.2. The summed E-state index contributed by atoms with van der Waals surface area (Å²) in [6.45, 7) is 3.62. The van der Waals surface area contributed by atoms with Gasteiger partial charge in [-0.2, -0.15) is 0 Å². The molecule has 0 aliphatic rings. The molecule has 0 atom stereocenters. The molecule has 2 rings (SSSR count). The molecule has 0 aliphatic heterocycles. The highest BCUT2D eigenvalue weighted by atomic mass is 35.5. The molecule has 2 aromatic rings. The zero-order valence-electron chi connectivity index (χ0n) is 11.8. The van der Waals surface area contributed by atoms with E-state index in [0.29, 0.717) is 0 Å². The molecule has 0 spiro atoms. The minimum absolute atomic E-state index is 0.0237. The van der Waals surface area contributed by atoms with Gasteiger partial charge in [0.05, 0.1) is 5.56 Å². The Kier molecular flexibility index (Phi) is 4.99. The predicted molar refractivity (Wildman–Crippen MR) is 86.6 cm³/mol. The van der Waals surface area contributed by atoms with Crippen molar-refractivity contribution in [3.05, 3.63) is 52.1 Å². The summed E-state index contributed by atoms with van der Waals surface area (Å²) in [5.41, 5.74) is 1.36. The van der Waals surface area contributed by atoms with E-state index in [9.17, 15) is 9.18 Å². The number of aromatic nitrogens is 2. The number of hydrogen-bond donors (Lipinski definition) is 2. The molecule has 0 fully saturated rings. The van der Waals surface area contributed by atoms with Gasteiger partial charge in [0.1, 0.15) is 5.82 Å². The second-order valence-corrected chi connectivity index (χ2v) is 5.35. The van der Waals surface area contributed by atoms with Crippen LogP contribution < -0.4 is 10.6 Å². The Morgan fingerprint density at radius 2 is 1.86 bits per heavy atom. The third-order valence-corrected chi connectivity index (χ3v) is 3.05. The lowest BCUT2D eigenvalue weighted by Crippen LogP contribution is -2.35. The van der Waals surface area contributed by atoms with E-state index in [2.05, 4.69) is 20.6 Å². The summed E-state index contributed by atoms with van der Waals surface area (Å²) in [5, 5.41) is 5.23. The molecular formula is C14H12ClFN4OS. The van der Waals surface area contributed by atoms with Crippen molar-refractivity contribution in [3.63, 3.8) is 0 Å². The van der Waals surface area contributed by atoms with Crippen LogP contribution in [0.1, 0.15) is 21.7 Å². The molecule has 22 heavy (non-hydrogen) atoms. The molecule has 0 bridgehead atoms. The Morgan fingerprint density at radius 1 is 1.23 bits per heavy atom. The van der Waals surface area contributed by atoms with Crippen molar-refractivity contribution in [2.24, 2.45) is 0 Å². The van der Waals surface area contributed by atoms with Crippen molar-refractivity contribution in [2.75, 3.05) is 5.32 Å². The number of anilines is 1. The van der Waals surface area contributed by atoms with Crippen molar-refractivity contribution >= 4 is 40.8 Å². The monoisotopic (exact) mass is 338 g/mol. The standard InChI is InChI=1S/C14H12ClFN4OS/c1-7-5-8(2)18-13(17-7)20-14(22)19-12(21)10-4-3-9(15)6-11(10)16/h3-6H,1-2H3,(H2,17,18,19,20,21,22). The minimum atomic E-state index is -0.726. The number of thiocarbonyl (C=S) groups is 1. The van der Waals surface area contributed by atoms with Crippen LogP contribution >= 0.6 is 23.8 Å². The van der Waals surface area contributed by atoms with Crippen LogP contribution in [0.3, 0.4) is 0 Å². The van der Waals surface area contributed by atoms with E-state index in [0.717, 1.165) is 17.5 Å². The molecule has 1 heterocycles. The van der Waals surface area contributed by atoms with Crippen LogP contribution in [-0.4, -0.2) is 21.0 Å². The molecule has 114 valence electrons. The molecule has 8 heteroatoms. The Bertz CT molecular complexity index is 733. The van der Waals surface area contributed by atoms with Crippen molar-refractivity contribution in [2.45, 2.75) is 13.8 Å². The van der Waals surface area contributed by atoms with Crippen molar-refractivity contribution in [1.82, 2.24) is 15.3 Å². The third kappa shape index (κ3) is 4.19. The highest BCUT2D eigenvalue weighted by Gasteiger charge is 2.14. The van der Waals surface area contributed by atoms with Crippen LogP contribution in [0.25, 0.3) is 0 Å². The first-order valence-corrected chi connectivity index (χ1v) is 7.03. The van der Waals surface area contributed by atoms with E-state index < -0.39 is 11.7 Å². The lowest BCUT2D eigenvalue weighted by Gasteiger charge is -2.09. The number of carbonyl (C=O) groups is 1. The van der Waals surface area contributed by atoms with Crippen LogP contribution in [0.15, 0.2) is 24.3 Å². The number of aryl methyl sites for hydroxylation is 2. The molecule has 2 N–H and O–H groups in total. The maximum atomic E-state index is 13.7. The van der Waals surface area contributed by atoms with E-state index in [1.54, 1.807) is 6.07 Å². The van der Waals surface area contributed by atoms with Gasteiger partial charge in [-0.3, -0.25) is 10.1 Å². The smallest absolute Gasteiger partial charge is 0.260 e. The Balaban J connectivity index is 2.06. The summed E-state index contributed by atoms with van der Waals surface area (Å²) in [6, 6.07) is 5.56. The van der Waals surface area contributed by atoms with Gasteiger partial charge in [0.2, 0.25) is 5.95 Å². The van der Waals surface area contributed by atoms with Gasteiger partial charge in [-0.15, -0.1) is 0 Å². The molecular weight excluding hydrogens is 327 g/mol. The fourth-order valence-electron chi connectivity index (χ4n) is 1.76. The van der Waals surface area contributed by atoms with Crippen LogP contribution in [0, 0.1) is 19.7 Å². The Morgan fingerprint density at radius 3 is 2.45 bits per heavy atom. The molecule has 0 saturated heterocycles. The number of amides is 1. The largest absolute Gasteiger partial charge is 0.301 e. The number of hydrogen-bond acceptors (Lipinski definition) is 4. The molecule has 1 amide bonds. The summed E-state index contributed by atoms with van der Waals surface area (Å²) >= 11 is 10.6. The topological polar surface area (TPSA) is 66.9 Å². The van der Waals surface area contributed by atoms with Crippen molar-refractivity contribution in [1.29, 1.82) is 0 Å². The zero-order valence-corrected chi connectivity index (χ0v) is 13.3. The number of benzene rings is 1. The maximum absolute atomic E-state index is 13.7. The number of nitrogens with one attached hydrogen (secondary N) is 2. The van der Waals surface area contributed by atoms with Gasteiger partial charge in [-0.1, -0.05) is 11.6 Å². The summed E-state index contributed by atoms with van der Waals surface area (Å²) in [6.07, 6.45) is 0. The highest BCUT2D eigenvalue weighted by molar-refractivity contribution is 7.80. The second-order valence-electron chi connectivity index (χ2n) is 4.51. The van der Waals surface area contributed by atoms with Gasteiger partial charge in [-0.05, 0) is 50.3 Å². The van der Waals surface area contributed by atoms with E-state index in [4.69, 9.17) is 23.8 Å². The van der Waals surface area contributed by atoms with E-state index >= 15 is 0 Å². The summed E-state index contributed by atoms with van der Waals surface area (Å²) in [4.78, 5) is 20.2. The first-order chi connectivity index (χ1) is 10.3. The van der Waals surface area contributed by atoms with Gasteiger partial charge in [0.15, 0.2) is 5.11 Å². The molecule has 0 unspecified atom stereocenters. The van der Waals surface area contributed by atoms with Crippen LogP contribution in [0.2, 0.25) is 5.02 Å². The van der Waals surface area contributed by atoms with Crippen molar-refractivity contribution < 1.29 is 9.18 Å². The SMILES string of the molecule is Cc1cc(C)nc(NC(=S)NC(=O)c2ccc(Cl)cc2F)n1. The van der Waals surface area contributed by atoms with Gasteiger partial charge in [0, 0.05) is 16.4 Å². The number of carbonyl (C=O) groups excluding carboxylic acids is 1.